The Morgan fingerprint density at radius 3 is 2.32 bits per heavy atom. The minimum atomic E-state index is -0.496. The van der Waals surface area contributed by atoms with Gasteiger partial charge in [-0.1, -0.05) is 0 Å². The molecule has 0 fully saturated rings. The Kier molecular flexibility index (Phi) is 4.50. The summed E-state index contributed by atoms with van der Waals surface area (Å²) in [5, 5.41) is 0. The minimum absolute atomic E-state index is 0.163. The van der Waals surface area contributed by atoms with Crippen LogP contribution in [0.25, 0.3) is 0 Å². The van der Waals surface area contributed by atoms with Crippen LogP contribution in [0.2, 0.25) is 0 Å². The second-order valence-corrected chi connectivity index (χ2v) is 7.46. The number of ether oxygens (including phenoxy) is 6. The largest absolute Gasteiger partial charge is 0.493 e. The van der Waals surface area contributed by atoms with Crippen LogP contribution in [0, 0.1) is 0 Å². The van der Waals surface area contributed by atoms with Crippen molar-refractivity contribution in [2.45, 2.75) is 19.3 Å². The number of rotatable bonds is 4. The van der Waals surface area contributed by atoms with E-state index in [9.17, 15) is 9.59 Å². The molecule has 0 saturated carbocycles. The molecule has 2 aliphatic heterocycles. The smallest absolute Gasteiger partial charge is 0.335 e. The van der Waals surface area contributed by atoms with Crippen LogP contribution < -0.4 is 23.7 Å². The SMILES string of the molecule is COc1cc([C@@H]2C3=C(COC3=O)Cc3cc4c(cc32)OCO4)cc(OC)c1OC(C)=O. The maximum atomic E-state index is 12.7. The molecule has 2 aromatic carbocycles. The van der Waals surface area contributed by atoms with E-state index in [4.69, 9.17) is 28.4 Å². The molecule has 160 valence electrons. The number of hydrogen-bond donors (Lipinski definition) is 0. The van der Waals surface area contributed by atoms with Gasteiger partial charge in [0.1, 0.15) is 6.61 Å². The maximum Gasteiger partial charge on any atom is 0.335 e. The number of carbonyl (C=O) groups excluding carboxylic acids is 2. The molecule has 5 rings (SSSR count). The number of hydrogen-bond acceptors (Lipinski definition) is 8. The molecule has 0 saturated heterocycles. The summed E-state index contributed by atoms with van der Waals surface area (Å²) in [6.45, 7) is 1.73. The lowest BCUT2D eigenvalue weighted by Gasteiger charge is -2.27. The predicted molar refractivity (Wildman–Crippen MR) is 107 cm³/mol. The second-order valence-electron chi connectivity index (χ2n) is 7.46. The first-order chi connectivity index (χ1) is 15.0. The van der Waals surface area contributed by atoms with Crippen molar-refractivity contribution in [2.24, 2.45) is 0 Å². The molecule has 0 aromatic heterocycles. The molecule has 0 radical (unpaired) electrons. The van der Waals surface area contributed by atoms with Gasteiger partial charge in [-0.05, 0) is 52.9 Å². The van der Waals surface area contributed by atoms with Gasteiger partial charge < -0.3 is 28.4 Å². The number of cyclic esters (lactones) is 1. The van der Waals surface area contributed by atoms with Crippen molar-refractivity contribution >= 4 is 11.9 Å². The Balaban J connectivity index is 1.72. The normalized spacial score (nSPS) is 18.3. The van der Waals surface area contributed by atoms with E-state index in [1.807, 2.05) is 12.1 Å². The number of methoxy groups -OCH3 is 2. The average molecular weight is 424 g/mol. The molecular weight excluding hydrogens is 404 g/mol. The summed E-state index contributed by atoms with van der Waals surface area (Å²) >= 11 is 0. The number of benzene rings is 2. The summed E-state index contributed by atoms with van der Waals surface area (Å²) in [4.78, 5) is 24.3. The molecule has 0 unspecified atom stereocenters. The predicted octanol–water partition coefficient (Wildman–Crippen LogP) is 2.90. The highest BCUT2D eigenvalue weighted by Gasteiger charge is 2.40. The van der Waals surface area contributed by atoms with Gasteiger partial charge in [-0.3, -0.25) is 4.79 Å². The van der Waals surface area contributed by atoms with Gasteiger partial charge in [0.2, 0.25) is 12.5 Å². The monoisotopic (exact) mass is 424 g/mol. The Bertz CT molecular complexity index is 1120. The fourth-order valence-electron chi connectivity index (χ4n) is 4.39. The van der Waals surface area contributed by atoms with Crippen molar-refractivity contribution in [3.8, 4) is 28.7 Å². The summed E-state index contributed by atoms with van der Waals surface area (Å²) in [5.41, 5.74) is 4.24. The third-order valence-electron chi connectivity index (χ3n) is 5.68. The van der Waals surface area contributed by atoms with E-state index in [0.29, 0.717) is 35.0 Å². The highest BCUT2D eigenvalue weighted by molar-refractivity contribution is 5.95. The van der Waals surface area contributed by atoms with Gasteiger partial charge in [-0.2, -0.15) is 0 Å². The van der Waals surface area contributed by atoms with Gasteiger partial charge in [-0.15, -0.1) is 0 Å². The van der Waals surface area contributed by atoms with Crippen LogP contribution in [-0.2, 0) is 20.7 Å². The Hall–Kier alpha value is -3.68. The Morgan fingerprint density at radius 1 is 1.00 bits per heavy atom. The van der Waals surface area contributed by atoms with E-state index in [-0.39, 0.29) is 25.1 Å². The second kappa shape index (κ2) is 7.23. The van der Waals surface area contributed by atoms with Crippen LogP contribution >= 0.6 is 0 Å². The zero-order valence-electron chi connectivity index (χ0n) is 17.3. The molecule has 1 atom stereocenters. The lowest BCUT2D eigenvalue weighted by Crippen LogP contribution is -2.18. The minimum Gasteiger partial charge on any atom is -0.493 e. The summed E-state index contributed by atoms with van der Waals surface area (Å²) in [6.07, 6.45) is 0.601. The standard InChI is InChI=1S/C23H20O8/c1-11(24)31-22-18(26-2)6-13(7-19(22)27-3)20-15-8-17-16(29-10-30-17)5-12(15)4-14-9-28-23(25)21(14)20/h5-8,20H,4,9-10H2,1-3H3/t20-/m0/s1. The molecule has 3 aliphatic rings. The summed E-state index contributed by atoms with van der Waals surface area (Å²) in [6, 6.07) is 7.37. The van der Waals surface area contributed by atoms with Gasteiger partial charge >= 0.3 is 11.9 Å². The van der Waals surface area contributed by atoms with Gasteiger partial charge in [0, 0.05) is 12.8 Å². The zero-order chi connectivity index (χ0) is 21.7. The molecule has 2 heterocycles. The number of esters is 2. The molecule has 0 N–H and O–H groups in total. The number of fused-ring (bicyclic) bond motifs is 2. The first kappa shape index (κ1) is 19.3. The van der Waals surface area contributed by atoms with Crippen LogP contribution in [0.15, 0.2) is 35.4 Å². The fourth-order valence-corrected chi connectivity index (χ4v) is 4.39. The molecule has 0 spiro atoms. The third kappa shape index (κ3) is 3.06. The Labute approximate surface area is 178 Å². The van der Waals surface area contributed by atoms with Gasteiger partial charge in [-0.25, -0.2) is 4.79 Å². The molecule has 2 aromatic rings. The van der Waals surface area contributed by atoms with Gasteiger partial charge in [0.05, 0.1) is 19.8 Å². The van der Waals surface area contributed by atoms with E-state index in [1.165, 1.54) is 21.1 Å². The molecule has 0 amide bonds. The highest BCUT2D eigenvalue weighted by Crippen LogP contribution is 2.50. The third-order valence-corrected chi connectivity index (χ3v) is 5.68. The lowest BCUT2D eigenvalue weighted by molar-refractivity contribution is -0.136. The maximum absolute atomic E-state index is 12.7. The van der Waals surface area contributed by atoms with Crippen molar-refractivity contribution in [3.63, 3.8) is 0 Å². The van der Waals surface area contributed by atoms with E-state index >= 15 is 0 Å². The van der Waals surface area contributed by atoms with Crippen LogP contribution in [0.5, 0.6) is 28.7 Å². The molecule has 8 nitrogen and oxygen atoms in total. The zero-order valence-corrected chi connectivity index (χ0v) is 17.3. The van der Waals surface area contributed by atoms with E-state index in [1.54, 1.807) is 12.1 Å². The average Bonchev–Trinajstić information content (AvgIpc) is 3.36. The van der Waals surface area contributed by atoms with Crippen LogP contribution in [0.3, 0.4) is 0 Å². The highest BCUT2D eigenvalue weighted by atomic mass is 16.7. The van der Waals surface area contributed by atoms with Crippen LogP contribution in [0.4, 0.5) is 0 Å². The lowest BCUT2D eigenvalue weighted by atomic mass is 9.75. The summed E-state index contributed by atoms with van der Waals surface area (Å²) < 4.78 is 32.8. The van der Waals surface area contributed by atoms with Crippen molar-refractivity contribution in [1.82, 2.24) is 0 Å². The van der Waals surface area contributed by atoms with Gasteiger partial charge in [0.25, 0.3) is 0 Å². The summed E-state index contributed by atoms with van der Waals surface area (Å²) in [7, 11) is 2.96. The first-order valence-corrected chi connectivity index (χ1v) is 9.76. The summed E-state index contributed by atoms with van der Waals surface area (Å²) in [5.74, 6) is 0.900. The van der Waals surface area contributed by atoms with E-state index in [0.717, 1.165) is 22.3 Å². The fraction of sp³-hybridized carbons (Fsp3) is 0.304. The first-order valence-electron chi connectivity index (χ1n) is 9.76. The van der Waals surface area contributed by atoms with Crippen molar-refractivity contribution < 1.29 is 38.0 Å². The molecule has 0 bridgehead atoms. The van der Waals surface area contributed by atoms with Crippen molar-refractivity contribution in [1.29, 1.82) is 0 Å². The Morgan fingerprint density at radius 2 is 1.68 bits per heavy atom. The van der Waals surface area contributed by atoms with Crippen molar-refractivity contribution in [3.05, 3.63) is 52.1 Å². The quantitative estimate of drug-likeness (QED) is 0.547. The number of carbonyl (C=O) groups is 2. The van der Waals surface area contributed by atoms with Crippen LogP contribution in [0.1, 0.15) is 29.5 Å². The van der Waals surface area contributed by atoms with Gasteiger partial charge in [0.15, 0.2) is 23.0 Å². The van der Waals surface area contributed by atoms with Crippen molar-refractivity contribution in [2.75, 3.05) is 27.6 Å². The molecule has 1 aliphatic carbocycles. The van der Waals surface area contributed by atoms with E-state index < -0.39 is 11.9 Å². The van der Waals surface area contributed by atoms with E-state index in [2.05, 4.69) is 0 Å². The molecule has 8 heteroatoms. The molecule has 31 heavy (non-hydrogen) atoms. The topological polar surface area (TPSA) is 89.5 Å². The molecular formula is C23H20O8. The van der Waals surface area contributed by atoms with Crippen LogP contribution in [-0.4, -0.2) is 39.6 Å².